The van der Waals surface area contributed by atoms with Crippen molar-refractivity contribution < 1.29 is 19.4 Å². The molecule has 6 nitrogen and oxygen atoms in total. The van der Waals surface area contributed by atoms with Gasteiger partial charge in [-0.25, -0.2) is 9.79 Å². The molecule has 7 heteroatoms. The fraction of sp³-hybridized carbons (Fsp3) is 0.227. The molecule has 1 N–H and O–H groups in total. The highest BCUT2D eigenvalue weighted by molar-refractivity contribution is 8.18. The van der Waals surface area contributed by atoms with Crippen molar-refractivity contribution in [2.24, 2.45) is 4.99 Å². The number of carboxylic acids is 1. The lowest BCUT2D eigenvalue weighted by Gasteiger charge is -2.12. The van der Waals surface area contributed by atoms with Crippen molar-refractivity contribution in [3.05, 3.63) is 64.6 Å². The first-order valence-corrected chi connectivity index (χ1v) is 10.2. The molecule has 0 saturated carbocycles. The number of amides is 1. The minimum Gasteiger partial charge on any atom is -0.494 e. The summed E-state index contributed by atoms with van der Waals surface area (Å²) in [5.74, 6) is -0.271. The van der Waals surface area contributed by atoms with Gasteiger partial charge in [0.1, 0.15) is 5.75 Å². The van der Waals surface area contributed by atoms with Gasteiger partial charge >= 0.3 is 5.97 Å². The maximum Gasteiger partial charge on any atom is 0.335 e. The van der Waals surface area contributed by atoms with Crippen LogP contribution in [0.15, 0.2) is 58.4 Å². The molecular weight excluding hydrogens is 388 g/mol. The zero-order chi connectivity index (χ0) is 20.8. The number of likely N-dealkylation sites (N-methyl/N-ethyl adjacent to an activating group) is 1. The van der Waals surface area contributed by atoms with Crippen LogP contribution < -0.4 is 4.74 Å². The van der Waals surface area contributed by atoms with E-state index in [4.69, 9.17) is 9.84 Å². The molecule has 0 aliphatic carbocycles. The minimum atomic E-state index is -0.985. The molecule has 1 fully saturated rings. The highest BCUT2D eigenvalue weighted by Crippen LogP contribution is 2.34. The van der Waals surface area contributed by atoms with Crippen LogP contribution >= 0.6 is 11.8 Å². The second-order valence-corrected chi connectivity index (χ2v) is 7.33. The van der Waals surface area contributed by atoms with Crippen LogP contribution in [0.3, 0.4) is 0 Å². The van der Waals surface area contributed by atoms with Gasteiger partial charge in [0.2, 0.25) is 0 Å². The minimum absolute atomic E-state index is 0.0929. The molecule has 1 heterocycles. The number of nitrogens with zero attached hydrogens (tertiary/aromatic N) is 2. The molecule has 0 radical (unpaired) electrons. The van der Waals surface area contributed by atoms with Crippen LogP contribution in [0.2, 0.25) is 0 Å². The number of amidine groups is 1. The topological polar surface area (TPSA) is 79.2 Å². The van der Waals surface area contributed by atoms with Crippen molar-refractivity contribution in [1.82, 2.24) is 4.90 Å². The predicted octanol–water partition coefficient (Wildman–Crippen LogP) is 4.80. The fourth-order valence-electron chi connectivity index (χ4n) is 2.69. The quantitative estimate of drug-likeness (QED) is 0.664. The Morgan fingerprint density at radius 1 is 1.14 bits per heavy atom. The largest absolute Gasteiger partial charge is 0.494 e. The predicted molar refractivity (Wildman–Crippen MR) is 116 cm³/mol. The van der Waals surface area contributed by atoms with Gasteiger partial charge in [0, 0.05) is 6.54 Å². The van der Waals surface area contributed by atoms with Gasteiger partial charge in [0.25, 0.3) is 5.91 Å². The van der Waals surface area contributed by atoms with Gasteiger partial charge in [-0.2, -0.15) is 0 Å². The number of aromatic carboxylic acids is 1. The normalized spacial score (nSPS) is 16.6. The summed E-state index contributed by atoms with van der Waals surface area (Å²) in [4.78, 5) is 30.5. The zero-order valence-electron chi connectivity index (χ0n) is 16.3. The summed E-state index contributed by atoms with van der Waals surface area (Å²) < 4.78 is 5.59. The highest BCUT2D eigenvalue weighted by Gasteiger charge is 2.32. The Morgan fingerprint density at radius 2 is 1.83 bits per heavy atom. The molecule has 1 aliphatic heterocycles. The van der Waals surface area contributed by atoms with E-state index in [0.29, 0.717) is 28.9 Å². The van der Waals surface area contributed by atoms with Gasteiger partial charge in [-0.05, 0) is 73.1 Å². The van der Waals surface area contributed by atoms with Gasteiger partial charge in [-0.15, -0.1) is 0 Å². The molecule has 0 spiro atoms. The molecular formula is C22H22N2O4S. The van der Waals surface area contributed by atoms with Gasteiger partial charge in [0.15, 0.2) is 5.17 Å². The molecule has 150 valence electrons. The summed E-state index contributed by atoms with van der Waals surface area (Å²) in [6, 6.07) is 13.9. The molecule has 1 amide bonds. The Kier molecular flexibility index (Phi) is 6.72. The van der Waals surface area contributed by atoms with Crippen molar-refractivity contribution in [3.8, 4) is 5.75 Å². The summed E-state index contributed by atoms with van der Waals surface area (Å²) in [5, 5.41) is 9.58. The maximum atomic E-state index is 12.7. The van der Waals surface area contributed by atoms with E-state index in [1.165, 1.54) is 23.9 Å². The molecule has 0 atom stereocenters. The number of carbonyl (C=O) groups excluding carboxylic acids is 1. The van der Waals surface area contributed by atoms with Crippen LogP contribution in [-0.2, 0) is 4.79 Å². The Hall–Kier alpha value is -3.06. The first-order chi connectivity index (χ1) is 14.0. The molecule has 1 aliphatic rings. The zero-order valence-corrected chi connectivity index (χ0v) is 17.1. The van der Waals surface area contributed by atoms with Crippen LogP contribution in [0.4, 0.5) is 5.69 Å². The lowest BCUT2D eigenvalue weighted by atomic mass is 10.2. The van der Waals surface area contributed by atoms with E-state index in [9.17, 15) is 9.59 Å². The molecule has 1 saturated heterocycles. The molecule has 0 bridgehead atoms. The average molecular weight is 410 g/mol. The number of carbonyl (C=O) groups is 2. The second-order valence-electron chi connectivity index (χ2n) is 6.32. The van der Waals surface area contributed by atoms with Gasteiger partial charge in [0.05, 0.1) is 22.8 Å². The Morgan fingerprint density at radius 3 is 2.41 bits per heavy atom. The summed E-state index contributed by atoms with van der Waals surface area (Å²) in [5.41, 5.74) is 1.71. The third-order valence-corrected chi connectivity index (χ3v) is 5.20. The standard InChI is InChI=1S/C22H22N2O4S/c1-3-13-28-18-11-5-15(6-12-18)14-19-20(25)24(4-2)22(29-19)23-17-9-7-16(8-10-17)21(26)27/h5-12,14H,3-4,13H2,1-2H3,(H,26,27)/b19-14+,23-22?. The highest BCUT2D eigenvalue weighted by atomic mass is 32.2. The molecule has 29 heavy (non-hydrogen) atoms. The second kappa shape index (κ2) is 9.43. The molecule has 3 rings (SSSR count). The smallest absolute Gasteiger partial charge is 0.335 e. The number of hydrogen-bond donors (Lipinski definition) is 1. The molecule has 0 aromatic heterocycles. The first-order valence-electron chi connectivity index (χ1n) is 9.38. The van der Waals surface area contributed by atoms with E-state index in [1.807, 2.05) is 37.3 Å². The van der Waals surface area contributed by atoms with Crippen molar-refractivity contribution >= 4 is 40.6 Å². The van der Waals surface area contributed by atoms with Crippen LogP contribution in [0.5, 0.6) is 5.75 Å². The Labute approximate surface area is 173 Å². The van der Waals surface area contributed by atoms with Gasteiger partial charge < -0.3 is 9.84 Å². The molecule has 2 aromatic carbocycles. The van der Waals surface area contributed by atoms with Crippen molar-refractivity contribution in [2.45, 2.75) is 20.3 Å². The number of aliphatic imine (C=N–C) groups is 1. The van der Waals surface area contributed by atoms with E-state index in [0.717, 1.165) is 17.7 Å². The number of rotatable bonds is 7. The average Bonchev–Trinajstić information content (AvgIpc) is 3.01. The number of benzene rings is 2. The Bertz CT molecular complexity index is 950. The fourth-order valence-corrected chi connectivity index (χ4v) is 3.75. The number of hydrogen-bond acceptors (Lipinski definition) is 5. The van der Waals surface area contributed by atoms with Gasteiger partial charge in [-0.1, -0.05) is 19.1 Å². The first kappa shape index (κ1) is 20.7. The lowest BCUT2D eigenvalue weighted by molar-refractivity contribution is -0.122. The van der Waals surface area contributed by atoms with Crippen molar-refractivity contribution in [2.75, 3.05) is 13.2 Å². The SMILES string of the molecule is CCCOc1ccc(/C=C2/SC(=Nc3ccc(C(=O)O)cc3)N(CC)C2=O)cc1. The van der Waals surface area contributed by atoms with Crippen LogP contribution in [-0.4, -0.2) is 40.2 Å². The van der Waals surface area contributed by atoms with E-state index < -0.39 is 5.97 Å². The molecule has 2 aromatic rings. The van der Waals surface area contributed by atoms with E-state index >= 15 is 0 Å². The summed E-state index contributed by atoms with van der Waals surface area (Å²) >= 11 is 1.31. The number of carboxylic acid groups (broad SMARTS) is 1. The monoisotopic (exact) mass is 410 g/mol. The van der Waals surface area contributed by atoms with E-state index in [2.05, 4.69) is 11.9 Å². The van der Waals surface area contributed by atoms with Crippen molar-refractivity contribution in [1.29, 1.82) is 0 Å². The maximum absolute atomic E-state index is 12.7. The number of thioether (sulfide) groups is 1. The summed E-state index contributed by atoms with van der Waals surface area (Å²) in [7, 11) is 0. The third-order valence-electron chi connectivity index (χ3n) is 4.19. The van der Waals surface area contributed by atoms with Crippen LogP contribution in [0.25, 0.3) is 6.08 Å². The van der Waals surface area contributed by atoms with Crippen molar-refractivity contribution in [3.63, 3.8) is 0 Å². The van der Waals surface area contributed by atoms with Crippen LogP contribution in [0, 0.1) is 0 Å². The summed E-state index contributed by atoms with van der Waals surface area (Å²) in [6.45, 7) is 5.12. The number of ether oxygens (including phenoxy) is 1. The van der Waals surface area contributed by atoms with E-state index in [-0.39, 0.29) is 11.5 Å². The lowest BCUT2D eigenvalue weighted by Crippen LogP contribution is -2.28. The van der Waals surface area contributed by atoms with Crippen LogP contribution in [0.1, 0.15) is 36.2 Å². The third kappa shape index (κ3) is 5.06. The summed E-state index contributed by atoms with van der Waals surface area (Å²) in [6.07, 6.45) is 2.79. The molecule has 0 unspecified atom stereocenters. The Balaban J connectivity index is 1.80. The van der Waals surface area contributed by atoms with E-state index in [1.54, 1.807) is 17.0 Å². The van der Waals surface area contributed by atoms with Gasteiger partial charge in [-0.3, -0.25) is 9.69 Å².